The highest BCUT2D eigenvalue weighted by atomic mass is 16.2. The number of aliphatic hydroxyl groups is 1. The molecule has 1 aromatic rings. The zero-order valence-electron chi connectivity index (χ0n) is 12.6. The summed E-state index contributed by atoms with van der Waals surface area (Å²) in [6.07, 6.45) is 5.58. The molecule has 0 aliphatic heterocycles. The fraction of sp³-hybridized carbons (Fsp3) is 0.500. The molecule has 1 aromatic carbocycles. The molecule has 0 bridgehead atoms. The molecule has 0 saturated heterocycles. The molecule has 3 nitrogen and oxygen atoms in total. The fourth-order valence-corrected chi connectivity index (χ4v) is 2.86. The summed E-state index contributed by atoms with van der Waals surface area (Å²) < 4.78 is 0. The summed E-state index contributed by atoms with van der Waals surface area (Å²) in [6.45, 7) is 1.87. The molecule has 0 aromatic heterocycles. The van der Waals surface area contributed by atoms with Gasteiger partial charge in [-0.3, -0.25) is 4.79 Å². The van der Waals surface area contributed by atoms with Crippen LogP contribution in [0, 0.1) is 17.8 Å². The van der Waals surface area contributed by atoms with Crippen molar-refractivity contribution in [3.63, 3.8) is 0 Å². The molecule has 0 spiro atoms. The summed E-state index contributed by atoms with van der Waals surface area (Å²) in [5.41, 5.74) is 1.95. The number of carbonyl (C=O) groups excluding carboxylic acids is 1. The number of hydrogen-bond acceptors (Lipinski definition) is 2. The third-order valence-corrected chi connectivity index (χ3v) is 4.05. The molecule has 1 unspecified atom stereocenters. The van der Waals surface area contributed by atoms with E-state index in [-0.39, 0.29) is 18.6 Å². The van der Waals surface area contributed by atoms with Crippen LogP contribution in [0.5, 0.6) is 0 Å². The van der Waals surface area contributed by atoms with Gasteiger partial charge in [0.05, 0.1) is 6.04 Å². The van der Waals surface area contributed by atoms with E-state index in [1.165, 1.54) is 25.7 Å². The van der Waals surface area contributed by atoms with Gasteiger partial charge in [0.25, 0.3) is 0 Å². The molecule has 1 aliphatic rings. The van der Waals surface area contributed by atoms with Crippen LogP contribution in [-0.2, 0) is 4.79 Å². The lowest BCUT2D eigenvalue weighted by atomic mass is 10.0. The maximum atomic E-state index is 12.0. The standard InChI is InChI=1S/C18H23NO2/c1-14(19-18(21)13-16-5-2-3-6-16)17-10-8-15(9-11-17)7-4-12-20/h8-11,14,16,20H,2-3,5-6,12-13H2,1H3,(H,19,21). The molecular weight excluding hydrogens is 262 g/mol. The van der Waals surface area contributed by atoms with Gasteiger partial charge in [0.1, 0.15) is 6.61 Å². The number of nitrogens with one attached hydrogen (secondary N) is 1. The van der Waals surface area contributed by atoms with Crippen LogP contribution in [0.2, 0.25) is 0 Å². The third kappa shape index (κ3) is 4.91. The lowest BCUT2D eigenvalue weighted by Gasteiger charge is -2.16. The van der Waals surface area contributed by atoms with Crippen molar-refractivity contribution >= 4 is 5.91 Å². The molecule has 1 amide bonds. The Labute approximate surface area is 126 Å². The van der Waals surface area contributed by atoms with Crippen LogP contribution in [-0.4, -0.2) is 17.6 Å². The van der Waals surface area contributed by atoms with E-state index >= 15 is 0 Å². The normalized spacial score (nSPS) is 16.1. The zero-order chi connectivity index (χ0) is 15.1. The summed E-state index contributed by atoms with van der Waals surface area (Å²) in [5, 5.41) is 11.7. The fourth-order valence-electron chi connectivity index (χ4n) is 2.86. The van der Waals surface area contributed by atoms with Crippen LogP contribution in [0.4, 0.5) is 0 Å². The number of carbonyl (C=O) groups is 1. The molecule has 1 saturated carbocycles. The number of aliphatic hydroxyl groups excluding tert-OH is 1. The second-order valence-corrected chi connectivity index (χ2v) is 5.73. The van der Waals surface area contributed by atoms with Crippen molar-refractivity contribution in [1.82, 2.24) is 5.32 Å². The van der Waals surface area contributed by atoms with Gasteiger partial charge in [-0.1, -0.05) is 36.8 Å². The molecule has 1 atom stereocenters. The average molecular weight is 285 g/mol. The van der Waals surface area contributed by atoms with Crippen molar-refractivity contribution in [3.05, 3.63) is 35.4 Å². The highest BCUT2D eigenvalue weighted by Gasteiger charge is 2.19. The Balaban J connectivity index is 1.87. The van der Waals surface area contributed by atoms with Crippen molar-refractivity contribution in [2.24, 2.45) is 5.92 Å². The summed E-state index contributed by atoms with van der Waals surface area (Å²) >= 11 is 0. The SMILES string of the molecule is CC(NC(=O)CC1CCCC1)c1ccc(C#CCO)cc1. The van der Waals surface area contributed by atoms with E-state index in [0.717, 1.165) is 11.1 Å². The lowest BCUT2D eigenvalue weighted by molar-refractivity contribution is -0.122. The first-order chi connectivity index (χ1) is 10.2. The van der Waals surface area contributed by atoms with Gasteiger partial charge in [-0.2, -0.15) is 0 Å². The molecule has 1 fully saturated rings. The monoisotopic (exact) mass is 285 g/mol. The maximum absolute atomic E-state index is 12.0. The Bertz CT molecular complexity index is 518. The minimum Gasteiger partial charge on any atom is -0.384 e. The van der Waals surface area contributed by atoms with Crippen molar-refractivity contribution in [3.8, 4) is 11.8 Å². The topological polar surface area (TPSA) is 49.3 Å². The van der Waals surface area contributed by atoms with Gasteiger partial charge in [-0.25, -0.2) is 0 Å². The predicted octanol–water partition coefficient (Wildman–Crippen LogP) is 2.79. The Morgan fingerprint density at radius 1 is 1.33 bits per heavy atom. The van der Waals surface area contributed by atoms with E-state index in [1.54, 1.807) is 0 Å². The van der Waals surface area contributed by atoms with Crippen LogP contribution in [0.1, 0.15) is 56.2 Å². The molecule has 0 radical (unpaired) electrons. The van der Waals surface area contributed by atoms with Gasteiger partial charge in [-0.05, 0) is 43.4 Å². The Hall–Kier alpha value is -1.79. The van der Waals surface area contributed by atoms with Crippen LogP contribution < -0.4 is 5.32 Å². The van der Waals surface area contributed by atoms with Gasteiger partial charge >= 0.3 is 0 Å². The van der Waals surface area contributed by atoms with Crippen LogP contribution >= 0.6 is 0 Å². The summed E-state index contributed by atoms with van der Waals surface area (Å²) in [7, 11) is 0. The molecule has 2 rings (SSSR count). The van der Waals surface area contributed by atoms with Crippen molar-refractivity contribution in [1.29, 1.82) is 0 Å². The molecule has 3 heteroatoms. The predicted molar refractivity (Wildman–Crippen MR) is 83.5 cm³/mol. The van der Waals surface area contributed by atoms with E-state index in [1.807, 2.05) is 31.2 Å². The molecule has 21 heavy (non-hydrogen) atoms. The van der Waals surface area contributed by atoms with Crippen LogP contribution in [0.25, 0.3) is 0 Å². The van der Waals surface area contributed by atoms with E-state index < -0.39 is 0 Å². The molecular formula is C18H23NO2. The largest absolute Gasteiger partial charge is 0.384 e. The number of hydrogen-bond donors (Lipinski definition) is 2. The maximum Gasteiger partial charge on any atom is 0.220 e. The minimum atomic E-state index is -0.130. The summed E-state index contributed by atoms with van der Waals surface area (Å²) in [6, 6.07) is 7.79. The second kappa shape index (κ2) is 7.85. The van der Waals surface area contributed by atoms with Gasteiger partial charge in [0.15, 0.2) is 0 Å². The highest BCUT2D eigenvalue weighted by Crippen LogP contribution is 2.27. The number of rotatable bonds is 4. The average Bonchev–Trinajstić information content (AvgIpc) is 2.98. The van der Waals surface area contributed by atoms with Gasteiger partial charge in [-0.15, -0.1) is 0 Å². The first kappa shape index (κ1) is 15.6. The minimum absolute atomic E-state index is 0.0127. The van der Waals surface area contributed by atoms with Crippen molar-refractivity contribution < 1.29 is 9.90 Å². The first-order valence-electron chi connectivity index (χ1n) is 7.68. The first-order valence-corrected chi connectivity index (χ1v) is 7.68. The second-order valence-electron chi connectivity index (χ2n) is 5.73. The third-order valence-electron chi connectivity index (χ3n) is 4.05. The zero-order valence-corrected chi connectivity index (χ0v) is 12.6. The van der Waals surface area contributed by atoms with Crippen LogP contribution in [0.15, 0.2) is 24.3 Å². The quantitative estimate of drug-likeness (QED) is 0.836. The molecule has 112 valence electrons. The van der Waals surface area contributed by atoms with Crippen LogP contribution in [0.3, 0.4) is 0 Å². The van der Waals surface area contributed by atoms with Crippen molar-refractivity contribution in [2.75, 3.05) is 6.61 Å². The van der Waals surface area contributed by atoms with Gasteiger partial charge in [0.2, 0.25) is 5.91 Å². The van der Waals surface area contributed by atoms with E-state index in [4.69, 9.17) is 5.11 Å². The van der Waals surface area contributed by atoms with E-state index in [0.29, 0.717) is 12.3 Å². The Morgan fingerprint density at radius 3 is 2.62 bits per heavy atom. The molecule has 0 heterocycles. The smallest absolute Gasteiger partial charge is 0.220 e. The van der Waals surface area contributed by atoms with Gasteiger partial charge in [0, 0.05) is 12.0 Å². The van der Waals surface area contributed by atoms with E-state index in [9.17, 15) is 4.79 Å². The summed E-state index contributed by atoms with van der Waals surface area (Å²) in [5.74, 6) is 6.21. The van der Waals surface area contributed by atoms with Gasteiger partial charge < -0.3 is 10.4 Å². The van der Waals surface area contributed by atoms with Crippen molar-refractivity contribution in [2.45, 2.75) is 45.1 Å². The highest BCUT2D eigenvalue weighted by molar-refractivity contribution is 5.76. The van der Waals surface area contributed by atoms with E-state index in [2.05, 4.69) is 17.2 Å². The number of benzene rings is 1. The number of amides is 1. The lowest BCUT2D eigenvalue weighted by Crippen LogP contribution is -2.27. The summed E-state index contributed by atoms with van der Waals surface area (Å²) in [4.78, 5) is 12.0. The Morgan fingerprint density at radius 2 is 2.00 bits per heavy atom. The Kier molecular flexibility index (Phi) is 5.83. The molecule has 2 N–H and O–H groups in total. The molecule has 1 aliphatic carbocycles.